The van der Waals surface area contributed by atoms with E-state index in [1.807, 2.05) is 41.3 Å². The number of likely N-dealkylation sites (N-methyl/N-ethyl adjacent to an activating group) is 1. The van der Waals surface area contributed by atoms with Gasteiger partial charge in [-0.3, -0.25) is 9.59 Å². The number of carbonyl (C=O) groups is 2. The number of hydrogen-bond donors (Lipinski definition) is 1. The zero-order valence-corrected chi connectivity index (χ0v) is 28.4. The molecular weight excluding hydrogens is 669 g/mol. The highest BCUT2D eigenvalue weighted by atomic mass is 35.5. The zero-order chi connectivity index (χ0) is 35.3. The first-order chi connectivity index (χ1) is 24.1. The molecule has 2 aliphatic rings. The number of ether oxygens (including phenoxy) is 1. The Morgan fingerprint density at radius 1 is 0.880 bits per heavy atom. The van der Waals surface area contributed by atoms with Crippen LogP contribution in [0.1, 0.15) is 52.9 Å². The summed E-state index contributed by atoms with van der Waals surface area (Å²) in [6, 6.07) is 22.1. The van der Waals surface area contributed by atoms with E-state index in [1.54, 1.807) is 30.3 Å². The maximum Gasteiger partial charge on any atom is 0.435 e. The number of piperazine rings is 1. The molecule has 0 atom stereocenters. The first kappa shape index (κ1) is 35.2. The van der Waals surface area contributed by atoms with E-state index < -0.39 is 11.9 Å². The third-order valence-corrected chi connectivity index (χ3v) is 9.49. The lowest BCUT2D eigenvalue weighted by Crippen LogP contribution is -2.46. The third-order valence-electron chi connectivity index (χ3n) is 9.24. The van der Waals surface area contributed by atoms with E-state index in [0.29, 0.717) is 35.1 Å². The summed E-state index contributed by atoms with van der Waals surface area (Å²) in [6.45, 7) is 7.78. The molecular formula is C37H38ClF3N6O3. The summed E-state index contributed by atoms with van der Waals surface area (Å²) in [5.41, 5.74) is 2.89. The van der Waals surface area contributed by atoms with Crippen molar-refractivity contribution in [2.45, 2.75) is 38.3 Å². The summed E-state index contributed by atoms with van der Waals surface area (Å²) in [5, 5.41) is 10.4. The van der Waals surface area contributed by atoms with Gasteiger partial charge in [-0.2, -0.15) is 13.2 Å². The first-order valence-corrected chi connectivity index (χ1v) is 17.1. The smallest absolute Gasteiger partial charge is 0.435 e. The number of anilines is 2. The van der Waals surface area contributed by atoms with Crippen LogP contribution in [0.15, 0.2) is 78.9 Å². The molecule has 1 aromatic heterocycles. The molecule has 2 aliphatic heterocycles. The van der Waals surface area contributed by atoms with E-state index in [1.165, 1.54) is 0 Å². The van der Waals surface area contributed by atoms with Crippen molar-refractivity contribution in [2.75, 3.05) is 56.0 Å². The molecule has 3 aromatic carbocycles. The maximum absolute atomic E-state index is 13.8. The molecule has 0 aliphatic carbocycles. The van der Waals surface area contributed by atoms with Crippen molar-refractivity contribution in [3.63, 3.8) is 0 Å². The molecule has 2 fully saturated rings. The van der Waals surface area contributed by atoms with Crippen molar-refractivity contribution in [2.24, 2.45) is 0 Å². The summed E-state index contributed by atoms with van der Waals surface area (Å²) in [5.74, 6) is 0.372. The molecule has 13 heteroatoms. The Bertz CT molecular complexity index is 1770. The van der Waals surface area contributed by atoms with Gasteiger partial charge in [0.2, 0.25) is 11.8 Å². The van der Waals surface area contributed by atoms with Crippen molar-refractivity contribution in [3.05, 3.63) is 106 Å². The van der Waals surface area contributed by atoms with Crippen molar-refractivity contribution in [1.82, 2.24) is 20.0 Å². The predicted octanol–water partition coefficient (Wildman–Crippen LogP) is 7.28. The van der Waals surface area contributed by atoms with Gasteiger partial charge in [-0.25, -0.2) is 0 Å². The molecule has 6 rings (SSSR count). The highest BCUT2D eigenvalue weighted by molar-refractivity contribution is 6.30. The van der Waals surface area contributed by atoms with Crippen LogP contribution in [-0.4, -0.2) is 77.6 Å². The van der Waals surface area contributed by atoms with Gasteiger partial charge in [0.15, 0.2) is 5.69 Å². The van der Waals surface area contributed by atoms with Gasteiger partial charge in [0.25, 0.3) is 5.91 Å². The van der Waals surface area contributed by atoms with Crippen LogP contribution < -0.4 is 15.0 Å². The maximum atomic E-state index is 13.8. The minimum atomic E-state index is -4.57. The Hall–Kier alpha value is -4.68. The molecule has 2 amide bonds. The van der Waals surface area contributed by atoms with Crippen LogP contribution in [0.4, 0.5) is 24.5 Å². The lowest BCUT2D eigenvalue weighted by molar-refractivity contribution is -0.141. The summed E-state index contributed by atoms with van der Waals surface area (Å²) in [7, 11) is 0. The average molecular weight is 707 g/mol. The first-order valence-electron chi connectivity index (χ1n) is 16.7. The van der Waals surface area contributed by atoms with Crippen LogP contribution in [0.25, 0.3) is 0 Å². The second-order valence-electron chi connectivity index (χ2n) is 12.5. The van der Waals surface area contributed by atoms with Crippen molar-refractivity contribution >= 4 is 34.8 Å². The van der Waals surface area contributed by atoms with Gasteiger partial charge < -0.3 is 24.8 Å². The standard InChI is InChI=1S/C37H38ClF3N6O3/c1-2-45-19-21-46(22-20-45)32-12-7-28(24-31(32)42-34(48)23-25-3-8-29(38)9-4-25)36(49)47-17-15-27(16-18-47)26-5-10-30(11-6-26)50-35-14-13-33(43-44-35)37(39,40)41/h3-14,24,27H,2,15-23H2,1H3,(H,42,48). The van der Waals surface area contributed by atoms with Crippen LogP contribution in [0.5, 0.6) is 11.6 Å². The van der Waals surface area contributed by atoms with Crippen LogP contribution in [0.3, 0.4) is 0 Å². The predicted molar refractivity (Wildman–Crippen MR) is 186 cm³/mol. The quantitative estimate of drug-likeness (QED) is 0.196. The van der Waals surface area contributed by atoms with E-state index in [0.717, 1.165) is 74.5 Å². The van der Waals surface area contributed by atoms with Gasteiger partial charge in [-0.15, -0.1) is 10.2 Å². The number of carbonyl (C=O) groups excluding carboxylic acids is 2. The number of nitrogens with one attached hydrogen (secondary N) is 1. The van der Waals surface area contributed by atoms with E-state index in [-0.39, 0.29) is 30.0 Å². The molecule has 0 bridgehead atoms. The zero-order valence-electron chi connectivity index (χ0n) is 27.6. The Kier molecular flexibility index (Phi) is 10.9. The summed E-state index contributed by atoms with van der Waals surface area (Å²) < 4.78 is 43.9. The molecule has 1 N–H and O–H groups in total. The summed E-state index contributed by atoms with van der Waals surface area (Å²) in [6.07, 6.45) is -2.86. The van der Waals surface area contributed by atoms with E-state index in [9.17, 15) is 22.8 Å². The third kappa shape index (κ3) is 8.72. The molecule has 0 radical (unpaired) electrons. The number of nitrogens with zero attached hydrogens (tertiary/aromatic N) is 5. The van der Waals surface area contributed by atoms with E-state index in [4.69, 9.17) is 16.3 Å². The van der Waals surface area contributed by atoms with Gasteiger partial charge in [0.1, 0.15) is 5.75 Å². The fraction of sp³-hybridized carbons (Fsp3) is 0.351. The molecule has 0 saturated carbocycles. The Morgan fingerprint density at radius 3 is 2.20 bits per heavy atom. The Morgan fingerprint density at radius 2 is 1.58 bits per heavy atom. The molecule has 262 valence electrons. The number of rotatable bonds is 9. The number of likely N-dealkylation sites (tertiary alicyclic amines) is 1. The normalized spacial score (nSPS) is 15.9. The number of hydrogen-bond acceptors (Lipinski definition) is 7. The number of alkyl halides is 3. The molecule has 2 saturated heterocycles. The average Bonchev–Trinajstić information content (AvgIpc) is 3.12. The van der Waals surface area contributed by atoms with Gasteiger partial charge in [0.05, 0.1) is 17.8 Å². The number of aromatic nitrogens is 2. The number of halogens is 4. The Balaban J connectivity index is 1.09. The highest BCUT2D eigenvalue weighted by Gasteiger charge is 2.33. The van der Waals surface area contributed by atoms with Gasteiger partial charge in [-0.1, -0.05) is 42.8 Å². The Labute approximate surface area is 294 Å². The fourth-order valence-corrected chi connectivity index (χ4v) is 6.51. The van der Waals surface area contributed by atoms with Crippen LogP contribution in [-0.2, 0) is 17.4 Å². The molecule has 9 nitrogen and oxygen atoms in total. The molecule has 50 heavy (non-hydrogen) atoms. The lowest BCUT2D eigenvalue weighted by atomic mass is 9.89. The monoisotopic (exact) mass is 706 g/mol. The summed E-state index contributed by atoms with van der Waals surface area (Å²) in [4.78, 5) is 33.5. The van der Waals surface area contributed by atoms with Crippen molar-refractivity contribution < 1.29 is 27.5 Å². The van der Waals surface area contributed by atoms with Crippen LogP contribution in [0, 0.1) is 0 Å². The number of amides is 2. The molecule has 4 aromatic rings. The highest BCUT2D eigenvalue weighted by Crippen LogP contribution is 2.33. The van der Waals surface area contributed by atoms with Gasteiger partial charge in [-0.05, 0) is 85.0 Å². The van der Waals surface area contributed by atoms with E-state index in [2.05, 4.69) is 32.2 Å². The minimum Gasteiger partial charge on any atom is -0.438 e. The van der Waals surface area contributed by atoms with Crippen molar-refractivity contribution in [3.8, 4) is 11.6 Å². The molecule has 0 unspecified atom stereocenters. The number of benzene rings is 3. The van der Waals surface area contributed by atoms with Crippen LogP contribution in [0.2, 0.25) is 5.02 Å². The van der Waals surface area contributed by atoms with Gasteiger partial charge >= 0.3 is 6.18 Å². The second kappa shape index (κ2) is 15.5. The van der Waals surface area contributed by atoms with E-state index >= 15 is 0 Å². The largest absolute Gasteiger partial charge is 0.438 e. The second-order valence-corrected chi connectivity index (χ2v) is 12.9. The fourth-order valence-electron chi connectivity index (χ4n) is 6.38. The van der Waals surface area contributed by atoms with Crippen molar-refractivity contribution in [1.29, 1.82) is 0 Å². The molecule has 0 spiro atoms. The van der Waals surface area contributed by atoms with Crippen LogP contribution >= 0.6 is 11.6 Å². The number of piperidine rings is 1. The summed E-state index contributed by atoms with van der Waals surface area (Å²) >= 11 is 6.02. The SMILES string of the molecule is CCN1CCN(c2ccc(C(=O)N3CCC(c4ccc(Oc5ccc(C(F)(F)F)nn5)cc4)CC3)cc2NC(=O)Cc2ccc(Cl)cc2)CC1. The van der Waals surface area contributed by atoms with Gasteiger partial charge in [0, 0.05) is 55.9 Å². The lowest BCUT2D eigenvalue weighted by Gasteiger charge is -2.36. The molecule has 3 heterocycles. The minimum absolute atomic E-state index is 0.0334. The topological polar surface area (TPSA) is 90.9 Å².